The molecule has 0 aliphatic heterocycles. The second-order valence-electron chi connectivity index (χ2n) is 4.11. The number of aryl methyl sites for hydroxylation is 1. The first-order valence-electron chi connectivity index (χ1n) is 5.95. The SMILES string of the molecule is CCc1ccccc1OCc1ccc(Cl)c(N)c1. The summed E-state index contributed by atoms with van der Waals surface area (Å²) < 4.78 is 5.81. The zero-order valence-corrected chi connectivity index (χ0v) is 11.1. The number of rotatable bonds is 4. The van der Waals surface area contributed by atoms with Crippen molar-refractivity contribution in [3.8, 4) is 5.75 Å². The molecule has 0 saturated carbocycles. The Hall–Kier alpha value is -1.67. The van der Waals surface area contributed by atoms with E-state index in [4.69, 9.17) is 22.1 Å². The molecule has 0 heterocycles. The van der Waals surface area contributed by atoms with Gasteiger partial charge in [0.15, 0.2) is 0 Å². The molecule has 0 unspecified atom stereocenters. The van der Waals surface area contributed by atoms with Crippen LogP contribution in [0.3, 0.4) is 0 Å². The van der Waals surface area contributed by atoms with Crippen molar-refractivity contribution in [2.75, 3.05) is 5.73 Å². The summed E-state index contributed by atoms with van der Waals surface area (Å²) in [5, 5.41) is 0.577. The minimum atomic E-state index is 0.498. The summed E-state index contributed by atoms with van der Waals surface area (Å²) in [6.45, 7) is 2.61. The lowest BCUT2D eigenvalue weighted by Gasteiger charge is -2.10. The molecule has 0 spiro atoms. The largest absolute Gasteiger partial charge is 0.489 e. The molecule has 2 rings (SSSR count). The second-order valence-corrected chi connectivity index (χ2v) is 4.51. The molecule has 0 aliphatic carbocycles. The Balaban J connectivity index is 2.09. The second kappa shape index (κ2) is 5.78. The quantitative estimate of drug-likeness (QED) is 0.843. The maximum absolute atomic E-state index is 5.88. The van der Waals surface area contributed by atoms with Crippen molar-refractivity contribution in [2.45, 2.75) is 20.0 Å². The van der Waals surface area contributed by atoms with Gasteiger partial charge in [0.2, 0.25) is 0 Å². The molecule has 2 aromatic carbocycles. The lowest BCUT2D eigenvalue weighted by Crippen LogP contribution is -1.99. The fourth-order valence-corrected chi connectivity index (χ4v) is 1.90. The maximum Gasteiger partial charge on any atom is 0.122 e. The summed E-state index contributed by atoms with van der Waals surface area (Å²) in [6, 6.07) is 13.6. The van der Waals surface area contributed by atoms with E-state index in [2.05, 4.69) is 13.0 Å². The highest BCUT2D eigenvalue weighted by atomic mass is 35.5. The molecule has 2 N–H and O–H groups in total. The van der Waals surface area contributed by atoms with E-state index in [1.165, 1.54) is 5.56 Å². The van der Waals surface area contributed by atoms with Gasteiger partial charge in [0, 0.05) is 0 Å². The highest BCUT2D eigenvalue weighted by Gasteiger charge is 2.02. The van der Waals surface area contributed by atoms with Crippen LogP contribution in [0.4, 0.5) is 5.69 Å². The van der Waals surface area contributed by atoms with Crippen LogP contribution >= 0.6 is 11.6 Å². The van der Waals surface area contributed by atoms with Crippen LogP contribution in [0.15, 0.2) is 42.5 Å². The van der Waals surface area contributed by atoms with Gasteiger partial charge in [-0.15, -0.1) is 0 Å². The van der Waals surface area contributed by atoms with Crippen molar-refractivity contribution in [2.24, 2.45) is 0 Å². The molecule has 2 nitrogen and oxygen atoms in total. The van der Waals surface area contributed by atoms with E-state index in [9.17, 15) is 0 Å². The Morgan fingerprint density at radius 2 is 1.94 bits per heavy atom. The first-order chi connectivity index (χ1) is 8.70. The lowest BCUT2D eigenvalue weighted by atomic mass is 10.1. The minimum absolute atomic E-state index is 0.498. The van der Waals surface area contributed by atoms with E-state index in [1.54, 1.807) is 6.07 Å². The smallest absolute Gasteiger partial charge is 0.122 e. The first kappa shape index (κ1) is 12.8. The summed E-state index contributed by atoms with van der Waals surface area (Å²) in [4.78, 5) is 0. The average Bonchev–Trinajstić information content (AvgIpc) is 2.40. The summed E-state index contributed by atoms with van der Waals surface area (Å²) in [5.74, 6) is 0.925. The van der Waals surface area contributed by atoms with E-state index >= 15 is 0 Å². The van der Waals surface area contributed by atoms with Gasteiger partial charge in [-0.2, -0.15) is 0 Å². The standard InChI is InChI=1S/C15H16ClNO/c1-2-12-5-3-4-6-15(12)18-10-11-7-8-13(16)14(17)9-11/h3-9H,2,10,17H2,1H3. The number of nitrogen functional groups attached to an aromatic ring is 1. The van der Waals surface area contributed by atoms with E-state index in [0.29, 0.717) is 17.3 Å². The van der Waals surface area contributed by atoms with Crippen LogP contribution in [0.1, 0.15) is 18.1 Å². The van der Waals surface area contributed by atoms with E-state index in [1.807, 2.05) is 30.3 Å². The van der Waals surface area contributed by atoms with Crippen molar-refractivity contribution in [3.63, 3.8) is 0 Å². The third-order valence-electron chi connectivity index (χ3n) is 2.81. The summed E-state index contributed by atoms with van der Waals surface area (Å²) >= 11 is 5.88. The predicted molar refractivity (Wildman–Crippen MR) is 76.0 cm³/mol. The first-order valence-corrected chi connectivity index (χ1v) is 6.33. The van der Waals surface area contributed by atoms with Crippen LogP contribution in [-0.4, -0.2) is 0 Å². The molecule has 0 amide bonds. The normalized spacial score (nSPS) is 10.3. The van der Waals surface area contributed by atoms with Crippen molar-refractivity contribution < 1.29 is 4.74 Å². The fraction of sp³-hybridized carbons (Fsp3) is 0.200. The van der Waals surface area contributed by atoms with Crippen LogP contribution < -0.4 is 10.5 Å². The van der Waals surface area contributed by atoms with Crippen LogP contribution in [0.2, 0.25) is 5.02 Å². The molecule has 0 bridgehead atoms. The monoisotopic (exact) mass is 261 g/mol. The molecule has 0 atom stereocenters. The molecule has 2 aromatic rings. The van der Waals surface area contributed by atoms with E-state index < -0.39 is 0 Å². The van der Waals surface area contributed by atoms with E-state index in [0.717, 1.165) is 17.7 Å². The third-order valence-corrected chi connectivity index (χ3v) is 3.15. The number of hydrogen-bond donors (Lipinski definition) is 1. The molecule has 0 aliphatic rings. The Bertz CT molecular complexity index is 540. The minimum Gasteiger partial charge on any atom is -0.489 e. The highest BCUT2D eigenvalue weighted by molar-refractivity contribution is 6.33. The molecule has 3 heteroatoms. The van der Waals surface area contributed by atoms with Gasteiger partial charge in [-0.1, -0.05) is 42.8 Å². The topological polar surface area (TPSA) is 35.2 Å². The van der Waals surface area contributed by atoms with Gasteiger partial charge in [-0.3, -0.25) is 0 Å². The van der Waals surface area contributed by atoms with Gasteiger partial charge in [0.05, 0.1) is 10.7 Å². The number of anilines is 1. The fourth-order valence-electron chi connectivity index (χ4n) is 1.78. The number of benzene rings is 2. The van der Waals surface area contributed by atoms with Gasteiger partial charge >= 0.3 is 0 Å². The third kappa shape index (κ3) is 2.96. The van der Waals surface area contributed by atoms with Crippen molar-refractivity contribution in [1.82, 2.24) is 0 Å². The van der Waals surface area contributed by atoms with E-state index in [-0.39, 0.29) is 0 Å². The van der Waals surface area contributed by atoms with Crippen LogP contribution in [0.25, 0.3) is 0 Å². The number of ether oxygens (including phenoxy) is 1. The molecule has 94 valence electrons. The lowest BCUT2D eigenvalue weighted by molar-refractivity contribution is 0.303. The Labute approximate surface area is 112 Å². The van der Waals surface area contributed by atoms with Gasteiger partial charge in [-0.25, -0.2) is 0 Å². The van der Waals surface area contributed by atoms with Crippen molar-refractivity contribution >= 4 is 17.3 Å². The van der Waals surface area contributed by atoms with Crippen molar-refractivity contribution in [1.29, 1.82) is 0 Å². The van der Waals surface area contributed by atoms with Gasteiger partial charge in [0.1, 0.15) is 12.4 Å². The number of para-hydroxylation sites is 1. The maximum atomic E-state index is 5.88. The van der Waals surface area contributed by atoms with Gasteiger partial charge in [-0.05, 0) is 35.7 Å². The zero-order valence-electron chi connectivity index (χ0n) is 10.3. The molecular weight excluding hydrogens is 246 g/mol. The number of hydrogen-bond acceptors (Lipinski definition) is 2. The summed E-state index contributed by atoms with van der Waals surface area (Å²) in [5.41, 5.74) is 8.57. The molecule has 18 heavy (non-hydrogen) atoms. The van der Waals surface area contributed by atoms with Gasteiger partial charge < -0.3 is 10.5 Å². The average molecular weight is 262 g/mol. The summed E-state index contributed by atoms with van der Waals surface area (Å²) in [6.07, 6.45) is 0.957. The van der Waals surface area contributed by atoms with Crippen molar-refractivity contribution in [3.05, 3.63) is 58.6 Å². The highest BCUT2D eigenvalue weighted by Crippen LogP contribution is 2.22. The number of nitrogens with two attached hydrogens (primary N) is 1. The van der Waals surface area contributed by atoms with Crippen LogP contribution in [0, 0.1) is 0 Å². The molecular formula is C15H16ClNO. The predicted octanol–water partition coefficient (Wildman–Crippen LogP) is 4.06. The zero-order chi connectivity index (χ0) is 13.0. The Kier molecular flexibility index (Phi) is 4.11. The Morgan fingerprint density at radius 3 is 2.67 bits per heavy atom. The molecule has 0 aromatic heterocycles. The van der Waals surface area contributed by atoms with Crippen LogP contribution in [-0.2, 0) is 13.0 Å². The molecule has 0 radical (unpaired) electrons. The van der Waals surface area contributed by atoms with Crippen LogP contribution in [0.5, 0.6) is 5.75 Å². The van der Waals surface area contributed by atoms with Gasteiger partial charge in [0.25, 0.3) is 0 Å². The number of halogens is 1. The summed E-state index contributed by atoms with van der Waals surface area (Å²) in [7, 11) is 0. The molecule has 0 fully saturated rings. The Morgan fingerprint density at radius 1 is 1.17 bits per heavy atom. The molecule has 0 saturated heterocycles.